The first-order valence-corrected chi connectivity index (χ1v) is 17.4. The summed E-state index contributed by atoms with van der Waals surface area (Å²) in [7, 11) is 0. The van der Waals surface area contributed by atoms with Gasteiger partial charge in [0.05, 0.1) is 12.4 Å². The first-order chi connectivity index (χ1) is 22.5. The third-order valence-electron chi connectivity index (χ3n) is 10.4. The van der Waals surface area contributed by atoms with Crippen molar-refractivity contribution >= 4 is 17.5 Å². The lowest BCUT2D eigenvalue weighted by Gasteiger charge is -2.45. The maximum absolute atomic E-state index is 12.5. The topological polar surface area (TPSA) is 161 Å². The molecule has 2 saturated carbocycles. The maximum Gasteiger partial charge on any atom is 0.302 e. The fraction of sp³-hybridized carbons (Fsp3) is 0.676. The summed E-state index contributed by atoms with van der Waals surface area (Å²) in [6, 6.07) is 3.39. The van der Waals surface area contributed by atoms with Gasteiger partial charge < -0.3 is 40.6 Å². The van der Waals surface area contributed by atoms with E-state index in [9.17, 15) is 24.9 Å². The molecule has 3 aliphatic rings. The number of nitrogens with one attached hydrogen (secondary N) is 1. The van der Waals surface area contributed by atoms with Crippen LogP contribution in [0.25, 0.3) is 5.57 Å². The van der Waals surface area contributed by atoms with Gasteiger partial charge in [-0.15, -0.1) is 0 Å². The summed E-state index contributed by atoms with van der Waals surface area (Å²) in [4.78, 5) is 24.9. The van der Waals surface area contributed by atoms with Crippen LogP contribution in [0.4, 0.5) is 0 Å². The number of aliphatic hydroxyl groups is 2. The van der Waals surface area contributed by atoms with Crippen molar-refractivity contribution in [3.05, 3.63) is 41.2 Å². The minimum absolute atomic E-state index is 0.0293. The lowest BCUT2D eigenvalue weighted by atomic mass is 9.62. The molecule has 262 valence electrons. The summed E-state index contributed by atoms with van der Waals surface area (Å²) in [5.74, 6) is 2.45. The highest BCUT2D eigenvalue weighted by atomic mass is 16.6. The third kappa shape index (κ3) is 10.4. The molecule has 10 nitrogen and oxygen atoms in total. The summed E-state index contributed by atoms with van der Waals surface area (Å²) in [5.41, 5.74) is 8.54. The molecule has 1 aromatic rings. The predicted molar refractivity (Wildman–Crippen MR) is 180 cm³/mol. The normalized spacial score (nSPS) is 25.7. The summed E-state index contributed by atoms with van der Waals surface area (Å²) >= 11 is 0. The monoisotopic (exact) mass is 656 g/mol. The van der Waals surface area contributed by atoms with Crippen LogP contribution in [0.1, 0.15) is 90.2 Å². The van der Waals surface area contributed by atoms with Crippen LogP contribution in [0.5, 0.6) is 11.5 Å². The maximum atomic E-state index is 12.5. The van der Waals surface area contributed by atoms with Gasteiger partial charge in [0, 0.05) is 33.4 Å². The van der Waals surface area contributed by atoms with Crippen molar-refractivity contribution in [1.29, 1.82) is 0 Å². The Morgan fingerprint density at radius 2 is 1.81 bits per heavy atom. The van der Waals surface area contributed by atoms with E-state index in [-0.39, 0.29) is 49.1 Å². The van der Waals surface area contributed by atoms with E-state index >= 15 is 0 Å². The van der Waals surface area contributed by atoms with Crippen LogP contribution in [0.2, 0.25) is 0 Å². The number of benzene rings is 1. The molecule has 2 fully saturated rings. The molecule has 47 heavy (non-hydrogen) atoms. The van der Waals surface area contributed by atoms with E-state index in [0.717, 1.165) is 42.4 Å². The molecule has 0 aromatic heterocycles. The largest absolute Gasteiger partial charge is 0.504 e. The van der Waals surface area contributed by atoms with Gasteiger partial charge in [0.25, 0.3) is 0 Å². The quantitative estimate of drug-likeness (QED) is 0.176. The molecular weight excluding hydrogens is 600 g/mol. The van der Waals surface area contributed by atoms with Gasteiger partial charge in [0.1, 0.15) is 18.8 Å². The Balaban J connectivity index is 1.61. The first-order valence-electron chi connectivity index (χ1n) is 17.4. The van der Waals surface area contributed by atoms with Gasteiger partial charge in [-0.1, -0.05) is 26.3 Å². The van der Waals surface area contributed by atoms with Crippen LogP contribution in [-0.4, -0.2) is 65.8 Å². The van der Waals surface area contributed by atoms with Gasteiger partial charge in [-0.3, -0.25) is 9.59 Å². The number of esters is 2. The number of rotatable bonds is 14. The lowest BCUT2D eigenvalue weighted by molar-refractivity contribution is -0.157. The van der Waals surface area contributed by atoms with Crippen LogP contribution in [0.3, 0.4) is 0 Å². The lowest BCUT2D eigenvalue weighted by Crippen LogP contribution is -2.40. The zero-order chi connectivity index (χ0) is 34.1. The van der Waals surface area contributed by atoms with Crippen LogP contribution in [0.15, 0.2) is 30.1 Å². The number of nitrogens with two attached hydrogens (primary N) is 1. The molecule has 1 aliphatic heterocycles. The van der Waals surface area contributed by atoms with Gasteiger partial charge in [0.15, 0.2) is 11.5 Å². The zero-order valence-corrected chi connectivity index (χ0v) is 28.6. The molecule has 0 radical (unpaired) electrons. The molecule has 1 aromatic carbocycles. The van der Waals surface area contributed by atoms with E-state index in [0.29, 0.717) is 55.3 Å². The molecular formula is C37H56N2O8. The van der Waals surface area contributed by atoms with E-state index in [4.69, 9.17) is 19.9 Å². The highest BCUT2D eigenvalue weighted by molar-refractivity contribution is 5.79. The van der Waals surface area contributed by atoms with Crippen LogP contribution in [0, 0.1) is 35.5 Å². The SMILES string of the molecule is CC(=O)O[C@H](CCc1cc(OCCO)c(O)cc1C1=CCNC(N)=C1)C[C@@H](OC(C)=O)[C@H]1C[C@H](CO)C[C@H]2CC[C@H](C(C)C)[C@@H](C2)C1. The number of carbonyl (C=O) groups is 2. The summed E-state index contributed by atoms with van der Waals surface area (Å²) in [6.45, 7) is 7.90. The standard InChI is InChI=1S/C37H56N2O8/c1-22(2)32-8-5-25-13-26(21-41)15-30(16-29(32)14-25)35(47-24(4)43)19-31(46-23(3)42)7-6-27-17-36(45-12-11-40)34(44)20-33(27)28-9-10-39-37(38)18-28/h9,17-18,20,22,25-26,29-32,35,39-41,44H,5-8,10-16,19,21,38H2,1-4H3/t25-,26-,29+,30+,31-,32-,35-/m1/s1. The Hall–Kier alpha value is -3.24. The minimum atomic E-state index is -0.541. The Morgan fingerprint density at radius 3 is 2.47 bits per heavy atom. The zero-order valence-electron chi connectivity index (χ0n) is 28.6. The fourth-order valence-electron chi connectivity index (χ4n) is 8.37. The van der Waals surface area contributed by atoms with E-state index in [1.807, 2.05) is 12.2 Å². The number of phenols is 1. The van der Waals surface area contributed by atoms with E-state index in [2.05, 4.69) is 19.2 Å². The number of dihydropyridines is 1. The number of ether oxygens (including phenoxy) is 3. The second-order valence-electron chi connectivity index (χ2n) is 14.2. The average Bonchev–Trinajstić information content (AvgIpc) is 3.00. The molecule has 7 atom stereocenters. The number of fused-ring (bicyclic) bond motifs is 2. The van der Waals surface area contributed by atoms with Crippen LogP contribution in [-0.2, 0) is 25.5 Å². The molecule has 0 saturated heterocycles. The highest BCUT2D eigenvalue weighted by Crippen LogP contribution is 2.47. The fourth-order valence-corrected chi connectivity index (χ4v) is 8.37. The molecule has 0 unspecified atom stereocenters. The van der Waals surface area contributed by atoms with Crippen molar-refractivity contribution in [3.63, 3.8) is 0 Å². The Morgan fingerprint density at radius 1 is 1.04 bits per heavy atom. The van der Waals surface area contributed by atoms with Crippen LogP contribution >= 0.6 is 0 Å². The van der Waals surface area contributed by atoms with E-state index in [1.165, 1.54) is 26.7 Å². The Kier molecular flexibility index (Phi) is 13.4. The van der Waals surface area contributed by atoms with Gasteiger partial charge in [-0.05, 0) is 115 Å². The molecule has 6 N–H and O–H groups in total. The van der Waals surface area contributed by atoms with E-state index in [1.54, 1.807) is 12.1 Å². The molecule has 4 rings (SSSR count). The number of aromatic hydroxyl groups is 1. The number of hydrogen-bond donors (Lipinski definition) is 5. The second kappa shape index (κ2) is 17.2. The van der Waals surface area contributed by atoms with Gasteiger partial charge in [-0.2, -0.15) is 0 Å². The second-order valence-corrected chi connectivity index (χ2v) is 14.2. The molecule has 10 heteroatoms. The Labute approximate surface area is 279 Å². The van der Waals surface area contributed by atoms with Crippen LogP contribution < -0.4 is 15.8 Å². The summed E-state index contributed by atoms with van der Waals surface area (Å²) < 4.78 is 17.6. The van der Waals surface area contributed by atoms with Crippen molar-refractivity contribution in [1.82, 2.24) is 5.32 Å². The van der Waals surface area contributed by atoms with Gasteiger partial charge in [0.2, 0.25) is 0 Å². The predicted octanol–water partition coefficient (Wildman–Crippen LogP) is 4.83. The van der Waals surface area contributed by atoms with Gasteiger partial charge in [-0.25, -0.2) is 0 Å². The van der Waals surface area contributed by atoms with Crippen molar-refractivity contribution in [2.24, 2.45) is 41.2 Å². The number of aliphatic hydroxyl groups excluding tert-OH is 2. The number of aryl methyl sites for hydroxylation is 1. The number of carbonyl (C=O) groups excluding carboxylic acids is 2. The highest BCUT2D eigenvalue weighted by Gasteiger charge is 2.40. The average molecular weight is 657 g/mol. The molecule has 2 aliphatic carbocycles. The molecule has 0 amide bonds. The van der Waals surface area contributed by atoms with Crippen molar-refractivity contribution < 1.29 is 39.1 Å². The number of allylic oxidation sites excluding steroid dienone is 2. The number of phenolic OH excluding ortho intramolecular Hbond substituents is 1. The van der Waals surface area contributed by atoms with Crippen molar-refractivity contribution in [2.45, 2.75) is 97.7 Å². The molecule has 2 bridgehead atoms. The molecule has 1 heterocycles. The minimum Gasteiger partial charge on any atom is -0.504 e. The van der Waals surface area contributed by atoms with Crippen molar-refractivity contribution in [2.75, 3.05) is 26.4 Å². The Bertz CT molecular complexity index is 1280. The molecule has 0 spiro atoms. The van der Waals surface area contributed by atoms with E-state index < -0.39 is 18.2 Å². The van der Waals surface area contributed by atoms with Crippen molar-refractivity contribution in [3.8, 4) is 11.5 Å². The summed E-state index contributed by atoms with van der Waals surface area (Å²) in [5, 5.41) is 33.5. The smallest absolute Gasteiger partial charge is 0.302 e. The first kappa shape index (κ1) is 36.6. The third-order valence-corrected chi connectivity index (χ3v) is 10.4. The number of hydrogen-bond acceptors (Lipinski definition) is 10. The van der Waals surface area contributed by atoms with Gasteiger partial charge >= 0.3 is 11.9 Å². The summed E-state index contributed by atoms with van der Waals surface area (Å²) in [6.07, 6.45) is 10.3.